The van der Waals surface area contributed by atoms with Crippen molar-refractivity contribution in [1.29, 1.82) is 0 Å². The van der Waals surface area contributed by atoms with Crippen LogP contribution in [0.3, 0.4) is 0 Å². The molecule has 0 N–H and O–H groups in total. The number of carbonyl (C=O) groups excluding carboxylic acids is 1. The zero-order chi connectivity index (χ0) is 18.1. The monoisotopic (exact) mass is 365 g/mol. The average molecular weight is 365 g/mol. The van der Waals surface area contributed by atoms with Crippen LogP contribution in [0.1, 0.15) is 26.7 Å². The summed E-state index contributed by atoms with van der Waals surface area (Å²) in [5.41, 5.74) is -0.536. The van der Waals surface area contributed by atoms with E-state index in [4.69, 9.17) is 0 Å². The SMILES string of the molecule is CCN(CC)C(=O)Cn1c(=O)n(C)c(=O)c2sc(N3CCCC3)nc21. The van der Waals surface area contributed by atoms with E-state index in [2.05, 4.69) is 9.88 Å². The number of amides is 1. The Morgan fingerprint density at radius 3 is 2.44 bits per heavy atom. The second kappa shape index (κ2) is 6.99. The fourth-order valence-corrected chi connectivity index (χ4v) is 4.23. The van der Waals surface area contributed by atoms with E-state index < -0.39 is 5.69 Å². The lowest BCUT2D eigenvalue weighted by Gasteiger charge is -2.19. The molecular weight excluding hydrogens is 342 g/mol. The molecule has 9 heteroatoms. The summed E-state index contributed by atoms with van der Waals surface area (Å²) in [6, 6.07) is 0. The maximum absolute atomic E-state index is 12.6. The predicted octanol–water partition coefficient (Wildman–Crippen LogP) is 0.625. The molecule has 0 bridgehead atoms. The summed E-state index contributed by atoms with van der Waals surface area (Å²) in [6.45, 7) is 6.66. The van der Waals surface area contributed by atoms with Gasteiger partial charge in [-0.05, 0) is 26.7 Å². The van der Waals surface area contributed by atoms with Gasteiger partial charge in [-0.1, -0.05) is 11.3 Å². The van der Waals surface area contributed by atoms with Crippen molar-refractivity contribution in [3.8, 4) is 0 Å². The molecule has 2 aromatic heterocycles. The minimum Gasteiger partial charge on any atom is -0.348 e. The highest BCUT2D eigenvalue weighted by Crippen LogP contribution is 2.28. The Bertz CT molecular complexity index is 903. The van der Waals surface area contributed by atoms with Crippen LogP contribution in [0.15, 0.2) is 9.59 Å². The van der Waals surface area contributed by atoms with E-state index in [9.17, 15) is 14.4 Å². The summed E-state index contributed by atoms with van der Waals surface area (Å²) in [5, 5.41) is 0.749. The molecule has 1 saturated heterocycles. The molecule has 0 saturated carbocycles. The van der Waals surface area contributed by atoms with Crippen LogP contribution < -0.4 is 16.1 Å². The topological polar surface area (TPSA) is 80.4 Å². The minimum absolute atomic E-state index is 0.103. The minimum atomic E-state index is -0.503. The summed E-state index contributed by atoms with van der Waals surface area (Å²) in [6.07, 6.45) is 2.20. The van der Waals surface area contributed by atoms with Crippen molar-refractivity contribution in [2.75, 3.05) is 31.1 Å². The van der Waals surface area contributed by atoms with Crippen LogP contribution in [0.5, 0.6) is 0 Å². The number of nitrogens with zero attached hydrogens (tertiary/aromatic N) is 5. The zero-order valence-corrected chi connectivity index (χ0v) is 15.6. The number of carbonyl (C=O) groups is 1. The second-order valence-corrected chi connectivity index (χ2v) is 7.12. The third-order valence-electron chi connectivity index (χ3n) is 4.66. The summed E-state index contributed by atoms with van der Waals surface area (Å²) in [5.74, 6) is -0.150. The van der Waals surface area contributed by atoms with E-state index in [0.29, 0.717) is 23.4 Å². The molecule has 3 heterocycles. The first kappa shape index (κ1) is 17.7. The Hall–Kier alpha value is -2.16. The van der Waals surface area contributed by atoms with Gasteiger partial charge in [0, 0.05) is 33.2 Å². The lowest BCUT2D eigenvalue weighted by Crippen LogP contribution is -2.42. The maximum Gasteiger partial charge on any atom is 0.332 e. The van der Waals surface area contributed by atoms with Gasteiger partial charge in [0.2, 0.25) is 5.91 Å². The lowest BCUT2D eigenvalue weighted by molar-refractivity contribution is -0.131. The maximum atomic E-state index is 12.6. The van der Waals surface area contributed by atoms with E-state index >= 15 is 0 Å². The molecule has 0 radical (unpaired) electrons. The number of hydrogen-bond donors (Lipinski definition) is 0. The zero-order valence-electron chi connectivity index (χ0n) is 14.8. The largest absolute Gasteiger partial charge is 0.348 e. The molecule has 1 aliphatic rings. The predicted molar refractivity (Wildman–Crippen MR) is 98.5 cm³/mol. The summed E-state index contributed by atoms with van der Waals surface area (Å²) in [7, 11) is 1.44. The first-order valence-electron chi connectivity index (χ1n) is 8.61. The lowest BCUT2D eigenvalue weighted by atomic mass is 10.4. The Morgan fingerprint density at radius 1 is 1.20 bits per heavy atom. The number of anilines is 1. The molecule has 25 heavy (non-hydrogen) atoms. The summed E-state index contributed by atoms with van der Waals surface area (Å²) < 4.78 is 2.81. The summed E-state index contributed by atoms with van der Waals surface area (Å²) >= 11 is 1.30. The van der Waals surface area contributed by atoms with Gasteiger partial charge in [-0.3, -0.25) is 18.7 Å². The van der Waals surface area contributed by atoms with Crippen molar-refractivity contribution in [3.05, 3.63) is 20.8 Å². The fourth-order valence-electron chi connectivity index (χ4n) is 3.13. The van der Waals surface area contributed by atoms with Gasteiger partial charge in [-0.15, -0.1) is 0 Å². The van der Waals surface area contributed by atoms with Crippen molar-refractivity contribution in [2.24, 2.45) is 7.05 Å². The molecule has 1 aliphatic heterocycles. The van der Waals surface area contributed by atoms with Gasteiger partial charge in [0.25, 0.3) is 5.56 Å². The Morgan fingerprint density at radius 2 is 1.84 bits per heavy atom. The number of aromatic nitrogens is 3. The highest BCUT2D eigenvalue weighted by molar-refractivity contribution is 7.22. The van der Waals surface area contributed by atoms with Gasteiger partial charge in [0.15, 0.2) is 10.8 Å². The van der Waals surface area contributed by atoms with E-state index in [1.54, 1.807) is 4.90 Å². The quantitative estimate of drug-likeness (QED) is 0.776. The number of rotatable bonds is 5. The molecule has 136 valence electrons. The molecule has 0 aromatic carbocycles. The smallest absolute Gasteiger partial charge is 0.332 e. The molecule has 8 nitrogen and oxygen atoms in total. The fraction of sp³-hybridized carbons (Fsp3) is 0.625. The van der Waals surface area contributed by atoms with Crippen LogP contribution in [0.25, 0.3) is 10.3 Å². The van der Waals surface area contributed by atoms with Crippen molar-refractivity contribution in [3.63, 3.8) is 0 Å². The van der Waals surface area contributed by atoms with E-state index in [1.807, 2.05) is 13.8 Å². The molecular formula is C16H23N5O3S. The van der Waals surface area contributed by atoms with Gasteiger partial charge >= 0.3 is 5.69 Å². The van der Waals surface area contributed by atoms with Crippen molar-refractivity contribution < 1.29 is 4.79 Å². The Kier molecular flexibility index (Phi) is 4.94. The second-order valence-electron chi connectivity index (χ2n) is 6.14. The van der Waals surface area contributed by atoms with Gasteiger partial charge in [0.05, 0.1) is 0 Å². The van der Waals surface area contributed by atoms with Crippen LogP contribution in [-0.4, -0.2) is 51.1 Å². The highest BCUT2D eigenvalue weighted by Gasteiger charge is 2.22. The molecule has 1 fully saturated rings. The van der Waals surface area contributed by atoms with Crippen LogP contribution in [0.4, 0.5) is 5.13 Å². The van der Waals surface area contributed by atoms with Gasteiger partial charge in [0.1, 0.15) is 11.2 Å². The Balaban J connectivity index is 2.11. The number of likely N-dealkylation sites (N-methyl/N-ethyl adjacent to an activating group) is 1. The van der Waals surface area contributed by atoms with Gasteiger partial charge in [-0.25, -0.2) is 9.78 Å². The van der Waals surface area contributed by atoms with Crippen LogP contribution in [0.2, 0.25) is 0 Å². The van der Waals surface area contributed by atoms with Crippen molar-refractivity contribution in [1.82, 2.24) is 19.0 Å². The third-order valence-corrected chi connectivity index (χ3v) is 5.75. The van der Waals surface area contributed by atoms with Crippen LogP contribution in [0, 0.1) is 0 Å². The highest BCUT2D eigenvalue weighted by atomic mass is 32.1. The molecule has 3 rings (SSSR count). The van der Waals surface area contributed by atoms with Gasteiger partial charge < -0.3 is 9.80 Å². The normalized spacial score (nSPS) is 14.4. The average Bonchev–Trinajstić information content (AvgIpc) is 3.27. The third kappa shape index (κ3) is 3.08. The first-order chi connectivity index (χ1) is 12.0. The standard InChI is InChI=1S/C16H23N5O3S/c1-4-19(5-2)11(22)10-21-13-12(14(23)18(3)16(21)24)25-15(17-13)20-8-6-7-9-20/h4-10H2,1-3H3. The van der Waals surface area contributed by atoms with Crippen molar-refractivity contribution in [2.45, 2.75) is 33.2 Å². The molecule has 0 spiro atoms. The number of thiazole rings is 1. The van der Waals surface area contributed by atoms with Gasteiger partial charge in [-0.2, -0.15) is 0 Å². The number of hydrogen-bond acceptors (Lipinski definition) is 6. The molecule has 2 aromatic rings. The number of fused-ring (bicyclic) bond motifs is 1. The Labute approximate surface area is 149 Å². The molecule has 1 amide bonds. The van der Waals surface area contributed by atoms with Crippen molar-refractivity contribution >= 4 is 32.7 Å². The molecule has 0 aliphatic carbocycles. The molecule has 0 unspecified atom stereocenters. The molecule has 0 atom stereocenters. The van der Waals surface area contributed by atoms with E-state index in [0.717, 1.165) is 35.6 Å². The van der Waals surface area contributed by atoms with E-state index in [-0.39, 0.29) is 18.0 Å². The van der Waals surface area contributed by atoms with Crippen LogP contribution >= 0.6 is 11.3 Å². The van der Waals surface area contributed by atoms with Crippen LogP contribution in [-0.2, 0) is 18.4 Å². The summed E-state index contributed by atoms with van der Waals surface area (Å²) in [4.78, 5) is 45.9. The van der Waals surface area contributed by atoms with E-state index in [1.165, 1.54) is 23.0 Å². The first-order valence-corrected chi connectivity index (χ1v) is 9.42.